The Hall–Kier alpha value is -3.98. The van der Waals surface area contributed by atoms with E-state index in [0.29, 0.717) is 16.5 Å². The molecule has 0 aliphatic heterocycles. The van der Waals surface area contributed by atoms with Crippen LogP contribution >= 0.6 is 11.6 Å². The van der Waals surface area contributed by atoms with Gasteiger partial charge in [-0.2, -0.15) is 5.10 Å². The summed E-state index contributed by atoms with van der Waals surface area (Å²) in [7, 11) is 0. The van der Waals surface area contributed by atoms with Crippen molar-refractivity contribution in [3.63, 3.8) is 0 Å². The summed E-state index contributed by atoms with van der Waals surface area (Å²) in [6, 6.07) is 16.2. The molecule has 0 fully saturated rings. The third-order valence-electron chi connectivity index (χ3n) is 3.62. The van der Waals surface area contributed by atoms with Crippen molar-refractivity contribution in [1.29, 1.82) is 0 Å². The van der Waals surface area contributed by atoms with E-state index in [0.717, 1.165) is 11.8 Å². The lowest BCUT2D eigenvalue weighted by atomic mass is 10.2. The van der Waals surface area contributed by atoms with Gasteiger partial charge in [0.2, 0.25) is 5.88 Å². The Balaban J connectivity index is 1.46. The average Bonchev–Trinajstić information content (AvgIpc) is 2.75. The first-order valence-electron chi connectivity index (χ1n) is 8.58. The molecule has 0 radical (unpaired) electrons. The molecule has 152 valence electrons. The van der Waals surface area contributed by atoms with Gasteiger partial charge in [-0.1, -0.05) is 11.6 Å². The maximum atomic E-state index is 11.8. The van der Waals surface area contributed by atoms with Crippen molar-refractivity contribution in [2.24, 2.45) is 5.10 Å². The molecule has 0 aliphatic rings. The number of ether oxygens (including phenoxy) is 2. The van der Waals surface area contributed by atoms with E-state index in [9.17, 15) is 14.9 Å². The van der Waals surface area contributed by atoms with Gasteiger partial charge in [0.15, 0.2) is 6.61 Å². The number of pyridine rings is 1. The van der Waals surface area contributed by atoms with Crippen molar-refractivity contribution < 1.29 is 19.2 Å². The van der Waals surface area contributed by atoms with Crippen LogP contribution in [0.25, 0.3) is 0 Å². The lowest BCUT2D eigenvalue weighted by Crippen LogP contribution is -2.24. The number of hydrogen-bond donors (Lipinski definition) is 1. The number of benzene rings is 2. The van der Waals surface area contributed by atoms with Gasteiger partial charge in [-0.05, 0) is 54.1 Å². The van der Waals surface area contributed by atoms with Gasteiger partial charge >= 0.3 is 0 Å². The van der Waals surface area contributed by atoms with E-state index in [4.69, 9.17) is 21.1 Å². The van der Waals surface area contributed by atoms with Crippen LogP contribution in [0.1, 0.15) is 5.56 Å². The molecule has 1 amide bonds. The fourth-order valence-corrected chi connectivity index (χ4v) is 2.30. The molecule has 1 N–H and O–H groups in total. The molecule has 3 rings (SSSR count). The number of nitrogens with one attached hydrogen (secondary N) is 1. The SMILES string of the molecule is O=C(COc1ccc(Cl)cc1)NN=Cc1ccc(Oc2ccc([N+](=O)[O-])cn2)cc1. The van der Waals surface area contributed by atoms with Crippen molar-refractivity contribution >= 4 is 29.4 Å². The van der Waals surface area contributed by atoms with Crippen molar-refractivity contribution in [3.05, 3.63) is 87.6 Å². The Morgan fingerprint density at radius 2 is 1.80 bits per heavy atom. The van der Waals surface area contributed by atoms with Crippen LogP contribution in [0.4, 0.5) is 5.69 Å². The number of hydrazone groups is 1. The molecule has 0 spiro atoms. The molecule has 2 aromatic carbocycles. The van der Waals surface area contributed by atoms with Crippen LogP contribution in [0.3, 0.4) is 0 Å². The summed E-state index contributed by atoms with van der Waals surface area (Å²) < 4.78 is 10.8. The Morgan fingerprint density at radius 1 is 1.10 bits per heavy atom. The standard InChI is InChI=1S/C20H15ClN4O5/c21-15-3-8-17(9-4-15)29-13-19(26)24-23-11-14-1-6-18(7-2-14)30-20-10-5-16(12-22-20)25(27)28/h1-12H,13H2,(H,24,26). The predicted octanol–water partition coefficient (Wildman–Crippen LogP) is 3.96. The van der Waals surface area contributed by atoms with Gasteiger partial charge in [-0.3, -0.25) is 14.9 Å². The molecule has 3 aromatic rings. The summed E-state index contributed by atoms with van der Waals surface area (Å²) in [4.78, 5) is 25.7. The van der Waals surface area contributed by atoms with Crippen LogP contribution in [-0.2, 0) is 4.79 Å². The predicted molar refractivity (Wildman–Crippen MR) is 110 cm³/mol. The highest BCUT2D eigenvalue weighted by Gasteiger charge is 2.06. The van der Waals surface area contributed by atoms with Crippen LogP contribution in [-0.4, -0.2) is 28.6 Å². The van der Waals surface area contributed by atoms with E-state index in [1.165, 1.54) is 18.3 Å². The van der Waals surface area contributed by atoms with Crippen LogP contribution < -0.4 is 14.9 Å². The summed E-state index contributed by atoms with van der Waals surface area (Å²) in [5, 5.41) is 15.1. The summed E-state index contributed by atoms with van der Waals surface area (Å²) in [5.41, 5.74) is 2.97. The number of nitro groups is 1. The fourth-order valence-electron chi connectivity index (χ4n) is 2.17. The van der Waals surface area contributed by atoms with Crippen LogP contribution in [0.15, 0.2) is 72.0 Å². The maximum Gasteiger partial charge on any atom is 0.287 e. The number of carbonyl (C=O) groups excluding carboxylic acids is 1. The highest BCUT2D eigenvalue weighted by Crippen LogP contribution is 2.21. The Morgan fingerprint density at radius 3 is 2.43 bits per heavy atom. The third kappa shape index (κ3) is 6.28. The normalized spacial score (nSPS) is 10.6. The fraction of sp³-hybridized carbons (Fsp3) is 0.0500. The third-order valence-corrected chi connectivity index (χ3v) is 3.87. The number of nitrogens with zero attached hydrogens (tertiary/aromatic N) is 3. The van der Waals surface area contributed by atoms with Crippen molar-refractivity contribution in [3.8, 4) is 17.4 Å². The van der Waals surface area contributed by atoms with Gasteiger partial charge in [0.1, 0.15) is 17.7 Å². The topological polar surface area (TPSA) is 116 Å². The second kappa shape index (κ2) is 9.99. The molecule has 1 heterocycles. The molecule has 0 unspecified atom stereocenters. The van der Waals surface area contributed by atoms with Gasteiger partial charge in [0.25, 0.3) is 11.6 Å². The number of aromatic nitrogens is 1. The first kappa shape index (κ1) is 20.7. The van der Waals surface area contributed by atoms with Crippen molar-refractivity contribution in [1.82, 2.24) is 10.4 Å². The second-order valence-electron chi connectivity index (χ2n) is 5.82. The molecular weight excluding hydrogens is 412 g/mol. The summed E-state index contributed by atoms with van der Waals surface area (Å²) >= 11 is 5.78. The maximum absolute atomic E-state index is 11.8. The smallest absolute Gasteiger partial charge is 0.287 e. The zero-order chi connectivity index (χ0) is 21.3. The van der Waals surface area contributed by atoms with Gasteiger partial charge in [-0.25, -0.2) is 10.4 Å². The first-order chi connectivity index (χ1) is 14.5. The van der Waals surface area contributed by atoms with E-state index in [1.807, 2.05) is 0 Å². The zero-order valence-corrected chi connectivity index (χ0v) is 16.2. The molecule has 30 heavy (non-hydrogen) atoms. The van der Waals surface area contributed by atoms with E-state index in [1.54, 1.807) is 48.5 Å². The quantitative estimate of drug-likeness (QED) is 0.331. The van der Waals surface area contributed by atoms with Gasteiger partial charge < -0.3 is 9.47 Å². The minimum atomic E-state index is -0.534. The van der Waals surface area contributed by atoms with E-state index < -0.39 is 10.8 Å². The molecule has 0 saturated carbocycles. The summed E-state index contributed by atoms with van der Waals surface area (Å²) in [6.45, 7) is -0.187. The lowest BCUT2D eigenvalue weighted by Gasteiger charge is -2.05. The molecule has 10 heteroatoms. The number of amides is 1. The van der Waals surface area contributed by atoms with E-state index in [-0.39, 0.29) is 18.2 Å². The van der Waals surface area contributed by atoms with Crippen LogP contribution in [0.5, 0.6) is 17.4 Å². The number of rotatable bonds is 8. The molecule has 9 nitrogen and oxygen atoms in total. The number of carbonyl (C=O) groups is 1. The highest BCUT2D eigenvalue weighted by atomic mass is 35.5. The van der Waals surface area contributed by atoms with Gasteiger partial charge in [-0.15, -0.1) is 0 Å². The largest absolute Gasteiger partial charge is 0.484 e. The van der Waals surface area contributed by atoms with E-state index >= 15 is 0 Å². The Labute approximate surface area is 176 Å². The average molecular weight is 427 g/mol. The van der Waals surface area contributed by atoms with Gasteiger partial charge in [0.05, 0.1) is 11.1 Å². The minimum absolute atomic E-state index is 0.116. The first-order valence-corrected chi connectivity index (χ1v) is 8.96. The molecule has 0 bridgehead atoms. The molecular formula is C20H15ClN4O5. The van der Waals surface area contributed by atoms with Crippen LogP contribution in [0.2, 0.25) is 5.02 Å². The van der Waals surface area contributed by atoms with Gasteiger partial charge in [0, 0.05) is 17.2 Å². The lowest BCUT2D eigenvalue weighted by molar-refractivity contribution is -0.385. The second-order valence-corrected chi connectivity index (χ2v) is 6.26. The molecule has 1 aromatic heterocycles. The van der Waals surface area contributed by atoms with E-state index in [2.05, 4.69) is 15.5 Å². The summed E-state index contributed by atoms with van der Waals surface area (Å²) in [5.74, 6) is 0.839. The van der Waals surface area contributed by atoms with Crippen molar-refractivity contribution in [2.45, 2.75) is 0 Å². The number of halogens is 1. The Bertz CT molecular complexity index is 1040. The van der Waals surface area contributed by atoms with Crippen molar-refractivity contribution in [2.75, 3.05) is 6.61 Å². The monoisotopic (exact) mass is 426 g/mol. The zero-order valence-electron chi connectivity index (χ0n) is 15.4. The Kier molecular flexibility index (Phi) is 6.91. The minimum Gasteiger partial charge on any atom is -0.484 e. The summed E-state index contributed by atoms with van der Waals surface area (Å²) in [6.07, 6.45) is 2.59. The molecule has 0 aliphatic carbocycles. The molecule has 0 saturated heterocycles. The number of hydrogen-bond acceptors (Lipinski definition) is 7. The molecule has 0 atom stereocenters. The van der Waals surface area contributed by atoms with Crippen LogP contribution in [0, 0.1) is 10.1 Å². The highest BCUT2D eigenvalue weighted by molar-refractivity contribution is 6.30.